The van der Waals surface area contributed by atoms with Crippen LogP contribution in [0.3, 0.4) is 0 Å². The smallest absolute Gasteiger partial charge is 0.342 e. The zero-order valence-electron chi connectivity index (χ0n) is 13.5. The summed E-state index contributed by atoms with van der Waals surface area (Å²) in [6.07, 6.45) is 2.53. The van der Waals surface area contributed by atoms with Gasteiger partial charge in [0.05, 0.1) is 24.5 Å². The molecule has 130 valence electrons. The predicted molar refractivity (Wildman–Crippen MR) is 88.2 cm³/mol. The van der Waals surface area contributed by atoms with E-state index in [0.717, 1.165) is 0 Å². The fourth-order valence-electron chi connectivity index (χ4n) is 1.87. The van der Waals surface area contributed by atoms with E-state index in [9.17, 15) is 13.2 Å². The Morgan fingerprint density at radius 1 is 1.44 bits per heavy atom. The molecule has 0 unspecified atom stereocenters. The van der Waals surface area contributed by atoms with E-state index in [2.05, 4.69) is 10.2 Å². The normalized spacial score (nSPS) is 11.2. The van der Waals surface area contributed by atoms with Crippen LogP contribution in [0, 0.1) is 11.3 Å². The van der Waals surface area contributed by atoms with Gasteiger partial charge in [0, 0.05) is 13.2 Å². The molecule has 10 heteroatoms. The van der Waals surface area contributed by atoms with Gasteiger partial charge in [0.15, 0.2) is 0 Å². The van der Waals surface area contributed by atoms with Crippen LogP contribution in [0.5, 0.6) is 0 Å². The molecule has 1 heterocycles. The molecular weight excluding hydrogens is 346 g/mol. The van der Waals surface area contributed by atoms with Crippen LogP contribution in [-0.2, 0) is 21.8 Å². The molecule has 0 radical (unpaired) electrons. The van der Waals surface area contributed by atoms with Crippen LogP contribution in [0.4, 0.5) is 0 Å². The van der Waals surface area contributed by atoms with E-state index in [0.29, 0.717) is 11.1 Å². The van der Waals surface area contributed by atoms with E-state index >= 15 is 0 Å². The van der Waals surface area contributed by atoms with Gasteiger partial charge in [-0.2, -0.15) is 28.7 Å². The summed E-state index contributed by atoms with van der Waals surface area (Å²) in [6.45, 7) is 1.72. The van der Waals surface area contributed by atoms with Crippen molar-refractivity contribution in [1.29, 1.82) is 5.26 Å². The maximum Gasteiger partial charge on any atom is 0.342 e. The Labute approximate surface area is 144 Å². The molecule has 0 spiro atoms. The molecule has 1 aromatic carbocycles. The third-order valence-electron chi connectivity index (χ3n) is 2.97. The Balaban J connectivity index is 2.20. The van der Waals surface area contributed by atoms with Gasteiger partial charge in [0.2, 0.25) is 5.03 Å². The van der Waals surface area contributed by atoms with Gasteiger partial charge in [-0.3, -0.25) is 4.68 Å². The minimum Gasteiger partial charge on any atom is -0.462 e. The highest BCUT2D eigenvalue weighted by Crippen LogP contribution is 2.14. The molecule has 0 fully saturated rings. The highest BCUT2D eigenvalue weighted by Gasteiger charge is 2.27. The second-order valence-electron chi connectivity index (χ2n) is 4.83. The fourth-order valence-corrected chi connectivity index (χ4v) is 2.81. The van der Waals surface area contributed by atoms with Gasteiger partial charge in [-0.05, 0) is 24.6 Å². The minimum absolute atomic E-state index is 0.109. The summed E-state index contributed by atoms with van der Waals surface area (Å²) in [5, 5.41) is 15.7. The molecule has 1 aromatic heterocycles. The second-order valence-corrected chi connectivity index (χ2v) is 6.40. The van der Waals surface area contributed by atoms with Crippen molar-refractivity contribution >= 4 is 22.2 Å². The highest BCUT2D eigenvalue weighted by molar-refractivity contribution is 7.89. The van der Waals surface area contributed by atoms with Crippen LogP contribution in [0.15, 0.2) is 40.6 Å². The molecule has 0 saturated carbocycles. The first kappa shape index (κ1) is 18.2. The third kappa shape index (κ3) is 4.42. The number of hydrazone groups is 1. The Morgan fingerprint density at radius 2 is 2.12 bits per heavy atom. The van der Waals surface area contributed by atoms with E-state index in [1.54, 1.807) is 31.2 Å². The van der Waals surface area contributed by atoms with E-state index < -0.39 is 21.0 Å². The Morgan fingerprint density at radius 3 is 2.72 bits per heavy atom. The molecule has 2 aromatic rings. The number of ether oxygens (including phenoxy) is 1. The van der Waals surface area contributed by atoms with Crippen molar-refractivity contribution in [1.82, 2.24) is 14.6 Å². The average molecular weight is 361 g/mol. The van der Waals surface area contributed by atoms with Gasteiger partial charge in [-0.25, -0.2) is 4.79 Å². The SMILES string of the molecule is CCOC(=O)c1cn(C)nc1S(=O)(=O)N/N=C/c1ccc(C#N)cc1. The molecule has 0 aliphatic carbocycles. The lowest BCUT2D eigenvalue weighted by molar-refractivity contribution is 0.0521. The van der Waals surface area contributed by atoms with Crippen molar-refractivity contribution in [3.05, 3.63) is 47.2 Å². The number of hydrogen-bond donors (Lipinski definition) is 1. The number of benzene rings is 1. The van der Waals surface area contributed by atoms with Gasteiger partial charge in [0.1, 0.15) is 5.56 Å². The van der Waals surface area contributed by atoms with Gasteiger partial charge in [-0.1, -0.05) is 12.1 Å². The summed E-state index contributed by atoms with van der Waals surface area (Å²) >= 11 is 0. The number of sulfonamides is 1. The van der Waals surface area contributed by atoms with Crippen molar-refractivity contribution in [2.45, 2.75) is 11.9 Å². The quantitative estimate of drug-likeness (QED) is 0.460. The first-order chi connectivity index (χ1) is 11.9. The lowest BCUT2D eigenvalue weighted by atomic mass is 10.2. The standard InChI is InChI=1S/C15H15N5O4S/c1-3-24-15(21)13-10-20(2)18-14(13)25(22,23)19-17-9-12-6-4-11(8-16)5-7-12/h4-7,9-10,19H,3H2,1-2H3/b17-9+. The molecule has 0 aliphatic heterocycles. The number of hydrogen-bond acceptors (Lipinski definition) is 7. The van der Waals surface area contributed by atoms with Crippen molar-refractivity contribution in [3.8, 4) is 6.07 Å². The van der Waals surface area contributed by atoms with Crippen LogP contribution >= 0.6 is 0 Å². The summed E-state index contributed by atoms with van der Waals surface area (Å²) in [5.41, 5.74) is 0.893. The minimum atomic E-state index is -4.15. The Hall–Kier alpha value is -3.19. The molecule has 1 N–H and O–H groups in total. The van der Waals surface area contributed by atoms with E-state index in [4.69, 9.17) is 10.00 Å². The topological polar surface area (TPSA) is 126 Å². The largest absolute Gasteiger partial charge is 0.462 e. The first-order valence-corrected chi connectivity index (χ1v) is 8.61. The third-order valence-corrected chi connectivity index (χ3v) is 4.13. The fraction of sp³-hybridized carbons (Fsp3) is 0.200. The molecule has 2 rings (SSSR count). The number of carbonyl (C=O) groups is 1. The number of nitrogens with one attached hydrogen (secondary N) is 1. The lowest BCUT2D eigenvalue weighted by Gasteiger charge is -2.03. The maximum absolute atomic E-state index is 12.3. The highest BCUT2D eigenvalue weighted by atomic mass is 32.2. The first-order valence-electron chi connectivity index (χ1n) is 7.13. The number of nitrogens with zero attached hydrogens (tertiary/aromatic N) is 4. The van der Waals surface area contributed by atoms with Gasteiger partial charge >= 0.3 is 5.97 Å². The van der Waals surface area contributed by atoms with Crippen molar-refractivity contribution in [3.63, 3.8) is 0 Å². The van der Waals surface area contributed by atoms with Crippen LogP contribution in [0.25, 0.3) is 0 Å². The zero-order chi connectivity index (χ0) is 18.4. The number of carbonyl (C=O) groups excluding carboxylic acids is 1. The van der Waals surface area contributed by atoms with Gasteiger partial charge < -0.3 is 4.74 Å². The summed E-state index contributed by atoms with van der Waals surface area (Å²) < 4.78 is 30.7. The summed E-state index contributed by atoms with van der Waals surface area (Å²) in [7, 11) is -2.66. The predicted octanol–water partition coefficient (Wildman–Crippen LogP) is 0.781. The second kappa shape index (κ2) is 7.59. The molecular formula is C15H15N5O4S. The maximum atomic E-state index is 12.3. The van der Waals surface area contributed by atoms with Crippen molar-refractivity contribution in [2.75, 3.05) is 6.61 Å². The summed E-state index contributed by atoms with van der Waals surface area (Å²) in [4.78, 5) is 13.8. The molecule has 0 bridgehead atoms. The van der Waals surface area contributed by atoms with Gasteiger partial charge in [0.25, 0.3) is 10.0 Å². The van der Waals surface area contributed by atoms with Crippen LogP contribution in [0.2, 0.25) is 0 Å². The van der Waals surface area contributed by atoms with Crippen LogP contribution < -0.4 is 4.83 Å². The Kier molecular flexibility index (Phi) is 5.51. The number of nitriles is 1. The number of aromatic nitrogens is 2. The monoisotopic (exact) mass is 361 g/mol. The molecule has 0 aliphatic rings. The van der Waals surface area contributed by atoms with E-state index in [-0.39, 0.29) is 12.2 Å². The Bertz CT molecular complexity index is 939. The lowest BCUT2D eigenvalue weighted by Crippen LogP contribution is -2.22. The number of rotatable bonds is 6. The van der Waals surface area contributed by atoms with E-state index in [1.807, 2.05) is 10.9 Å². The molecule has 0 saturated heterocycles. The van der Waals surface area contributed by atoms with Gasteiger partial charge in [-0.15, -0.1) is 0 Å². The molecule has 25 heavy (non-hydrogen) atoms. The van der Waals surface area contributed by atoms with Crippen molar-refractivity contribution < 1.29 is 17.9 Å². The number of esters is 1. The molecule has 0 amide bonds. The van der Waals surface area contributed by atoms with Crippen molar-refractivity contribution in [2.24, 2.45) is 12.1 Å². The summed E-state index contributed by atoms with van der Waals surface area (Å²) in [6, 6.07) is 8.35. The molecule has 9 nitrogen and oxygen atoms in total. The zero-order valence-corrected chi connectivity index (χ0v) is 14.3. The number of aryl methyl sites for hydroxylation is 1. The molecule has 0 atom stereocenters. The van der Waals surface area contributed by atoms with E-state index in [1.165, 1.54) is 24.1 Å². The average Bonchev–Trinajstić information content (AvgIpc) is 2.98. The summed E-state index contributed by atoms with van der Waals surface area (Å²) in [5.74, 6) is -0.785. The van der Waals surface area contributed by atoms with Crippen LogP contribution in [-0.4, -0.2) is 37.0 Å². The van der Waals surface area contributed by atoms with Crippen LogP contribution in [0.1, 0.15) is 28.4 Å².